The van der Waals surface area contributed by atoms with Crippen LogP contribution in [0, 0.1) is 5.41 Å². The molecule has 0 aliphatic carbocycles. The molecule has 0 aromatic rings. The lowest BCUT2D eigenvalue weighted by atomic mass is 9.76. The Hall–Kier alpha value is -0.883. The molecule has 1 aliphatic rings. The summed E-state index contributed by atoms with van der Waals surface area (Å²) in [6, 6.07) is 0. The van der Waals surface area contributed by atoms with Gasteiger partial charge in [-0.15, -0.1) is 0 Å². The summed E-state index contributed by atoms with van der Waals surface area (Å²) < 4.78 is 11.4. The number of hydrogen-bond donors (Lipinski definition) is 1. The van der Waals surface area contributed by atoms with E-state index in [1.165, 1.54) is 6.92 Å². The van der Waals surface area contributed by atoms with Crippen molar-refractivity contribution < 1.29 is 18.8 Å². The minimum Gasteiger partial charge on any atom is -0.441 e. The molecular formula is C14H27NO4Si. The number of esters is 1. The second kappa shape index (κ2) is 5.15. The normalized spacial score (nSPS) is 28.4. The summed E-state index contributed by atoms with van der Waals surface area (Å²) in [6.45, 7) is 15.8. The molecule has 0 saturated carbocycles. The summed E-state index contributed by atoms with van der Waals surface area (Å²) in [5, 5.41) is 2.69. The summed E-state index contributed by atoms with van der Waals surface area (Å²) in [4.78, 5) is 23.1. The van der Waals surface area contributed by atoms with Gasteiger partial charge in [-0.2, -0.15) is 0 Å². The molecule has 1 fully saturated rings. The van der Waals surface area contributed by atoms with E-state index in [0.29, 0.717) is 0 Å². The topological polar surface area (TPSA) is 64.6 Å². The highest BCUT2D eigenvalue weighted by Crippen LogP contribution is 2.43. The van der Waals surface area contributed by atoms with Crippen molar-refractivity contribution in [1.29, 1.82) is 0 Å². The van der Waals surface area contributed by atoms with E-state index >= 15 is 0 Å². The Bertz CT molecular complexity index is 416. The van der Waals surface area contributed by atoms with E-state index in [2.05, 4.69) is 39.2 Å². The fourth-order valence-electron chi connectivity index (χ4n) is 1.92. The van der Waals surface area contributed by atoms with E-state index < -0.39 is 25.9 Å². The minimum absolute atomic E-state index is 0.0643. The van der Waals surface area contributed by atoms with Crippen LogP contribution in [0.2, 0.25) is 18.1 Å². The predicted octanol–water partition coefficient (Wildman–Crippen LogP) is 2.42. The molecule has 5 nitrogen and oxygen atoms in total. The van der Waals surface area contributed by atoms with Crippen LogP contribution in [0.5, 0.6) is 0 Å². The van der Waals surface area contributed by atoms with Gasteiger partial charge in [0.1, 0.15) is 5.41 Å². The van der Waals surface area contributed by atoms with Crippen LogP contribution in [0.25, 0.3) is 0 Å². The maximum atomic E-state index is 12.0. The SMILES string of the molecule is CC(=O)O[C@H]1NC(=O)[C@]1(C)C(C)O[Si](C)(C)C(C)(C)C. The fraction of sp³-hybridized carbons (Fsp3) is 0.857. The molecule has 1 rings (SSSR count). The number of carbonyl (C=O) groups is 2. The van der Waals surface area contributed by atoms with Crippen LogP contribution >= 0.6 is 0 Å². The van der Waals surface area contributed by atoms with Gasteiger partial charge in [-0.1, -0.05) is 20.8 Å². The molecule has 0 radical (unpaired) electrons. The summed E-state index contributed by atoms with van der Waals surface area (Å²) in [5.74, 6) is -0.532. The molecule has 1 saturated heterocycles. The zero-order valence-corrected chi connectivity index (χ0v) is 14.8. The predicted molar refractivity (Wildman–Crippen MR) is 79.5 cm³/mol. The first-order valence-corrected chi connectivity index (χ1v) is 9.89. The number of carbonyl (C=O) groups excluding carboxylic acids is 2. The lowest BCUT2D eigenvalue weighted by Gasteiger charge is -2.51. The van der Waals surface area contributed by atoms with Gasteiger partial charge in [0.15, 0.2) is 14.5 Å². The first-order chi connectivity index (χ1) is 8.82. The van der Waals surface area contributed by atoms with Gasteiger partial charge in [0.2, 0.25) is 5.91 Å². The molecule has 1 N–H and O–H groups in total. The molecule has 0 aromatic carbocycles. The zero-order valence-electron chi connectivity index (χ0n) is 13.8. The van der Waals surface area contributed by atoms with E-state index in [1.807, 2.05) is 6.92 Å². The summed E-state index contributed by atoms with van der Waals surface area (Å²) in [7, 11) is -1.98. The molecule has 0 bridgehead atoms. The summed E-state index contributed by atoms with van der Waals surface area (Å²) >= 11 is 0. The second-order valence-corrected chi connectivity index (χ2v) is 12.0. The van der Waals surface area contributed by atoms with E-state index in [4.69, 9.17) is 9.16 Å². The van der Waals surface area contributed by atoms with Crippen LogP contribution in [0.15, 0.2) is 0 Å². The number of hydrogen-bond acceptors (Lipinski definition) is 4. The van der Waals surface area contributed by atoms with Crippen LogP contribution in [0.4, 0.5) is 0 Å². The van der Waals surface area contributed by atoms with E-state index in [-0.39, 0.29) is 17.0 Å². The Morgan fingerprint density at radius 2 is 1.90 bits per heavy atom. The van der Waals surface area contributed by atoms with Crippen LogP contribution in [0.3, 0.4) is 0 Å². The molecule has 0 spiro atoms. The fourth-order valence-corrected chi connectivity index (χ4v) is 3.40. The van der Waals surface area contributed by atoms with Crippen LogP contribution < -0.4 is 5.32 Å². The number of rotatable bonds is 4. The highest BCUT2D eigenvalue weighted by Gasteiger charge is 2.59. The third kappa shape index (κ3) is 2.91. The molecular weight excluding hydrogens is 274 g/mol. The quantitative estimate of drug-likeness (QED) is 0.492. The van der Waals surface area contributed by atoms with Crippen molar-refractivity contribution in [2.45, 2.75) is 72.0 Å². The number of amides is 1. The van der Waals surface area contributed by atoms with Crippen molar-refractivity contribution in [3.05, 3.63) is 0 Å². The molecule has 1 heterocycles. The lowest BCUT2D eigenvalue weighted by molar-refractivity contribution is -0.191. The van der Waals surface area contributed by atoms with Crippen LogP contribution in [-0.4, -0.2) is 32.5 Å². The molecule has 0 aromatic heterocycles. The molecule has 3 atom stereocenters. The Kier molecular flexibility index (Phi) is 4.42. The molecule has 116 valence electrons. The Morgan fingerprint density at radius 3 is 2.25 bits per heavy atom. The van der Waals surface area contributed by atoms with Gasteiger partial charge in [0.25, 0.3) is 0 Å². The molecule has 6 heteroatoms. The van der Waals surface area contributed by atoms with E-state index in [9.17, 15) is 9.59 Å². The van der Waals surface area contributed by atoms with Gasteiger partial charge in [0.05, 0.1) is 6.10 Å². The monoisotopic (exact) mass is 301 g/mol. The minimum atomic E-state index is -1.98. The largest absolute Gasteiger partial charge is 0.441 e. The van der Waals surface area contributed by atoms with Crippen molar-refractivity contribution in [3.63, 3.8) is 0 Å². The smallest absolute Gasteiger partial charge is 0.304 e. The van der Waals surface area contributed by atoms with Crippen molar-refractivity contribution >= 4 is 20.2 Å². The average molecular weight is 301 g/mol. The van der Waals surface area contributed by atoms with Gasteiger partial charge in [0, 0.05) is 6.92 Å². The van der Waals surface area contributed by atoms with Gasteiger partial charge in [-0.25, -0.2) is 0 Å². The third-order valence-electron chi connectivity index (χ3n) is 4.70. The first-order valence-electron chi connectivity index (χ1n) is 6.98. The highest BCUT2D eigenvalue weighted by atomic mass is 28.4. The molecule has 20 heavy (non-hydrogen) atoms. The van der Waals surface area contributed by atoms with E-state index in [1.54, 1.807) is 6.92 Å². The van der Waals surface area contributed by atoms with Gasteiger partial charge >= 0.3 is 5.97 Å². The van der Waals surface area contributed by atoms with Gasteiger partial charge < -0.3 is 14.5 Å². The van der Waals surface area contributed by atoms with Gasteiger partial charge in [-0.3, -0.25) is 9.59 Å². The lowest BCUT2D eigenvalue weighted by Crippen LogP contribution is -2.72. The van der Waals surface area contributed by atoms with Crippen LogP contribution in [-0.2, 0) is 18.8 Å². The van der Waals surface area contributed by atoms with E-state index in [0.717, 1.165) is 0 Å². The summed E-state index contributed by atoms with van der Waals surface area (Å²) in [5.41, 5.74) is -0.818. The Labute approximate surface area is 122 Å². The second-order valence-electron chi connectivity index (χ2n) is 7.27. The average Bonchev–Trinajstić information content (AvgIpc) is 2.24. The van der Waals surface area contributed by atoms with Gasteiger partial charge in [-0.05, 0) is 32.0 Å². The Morgan fingerprint density at radius 1 is 1.40 bits per heavy atom. The number of β-lactam (4-membered cyclic amide) rings is 1. The van der Waals surface area contributed by atoms with Crippen LogP contribution in [0.1, 0.15) is 41.5 Å². The third-order valence-corrected chi connectivity index (χ3v) is 9.26. The molecule has 1 unspecified atom stereocenters. The first kappa shape index (κ1) is 17.2. The number of nitrogens with one attached hydrogen (secondary N) is 1. The summed E-state index contributed by atoms with van der Waals surface area (Å²) in [6.07, 6.45) is -0.909. The molecule has 1 aliphatic heterocycles. The molecule has 1 amide bonds. The Balaban J connectivity index is 2.87. The number of ether oxygens (including phenoxy) is 1. The maximum Gasteiger partial charge on any atom is 0.304 e. The highest BCUT2D eigenvalue weighted by molar-refractivity contribution is 6.74. The van der Waals surface area contributed by atoms with Crippen molar-refractivity contribution in [2.75, 3.05) is 0 Å². The maximum absolute atomic E-state index is 12.0. The standard InChI is InChI=1S/C14H27NO4Si/c1-9(19-20(7,8)13(3,4)5)14(6)11(17)15-12(14)18-10(2)16/h9,12H,1-8H3,(H,15,17)/t9?,12-,14+/m1/s1. The van der Waals surface area contributed by atoms with Crippen molar-refractivity contribution in [3.8, 4) is 0 Å². The van der Waals surface area contributed by atoms with Crippen molar-refractivity contribution in [1.82, 2.24) is 5.32 Å². The van der Waals surface area contributed by atoms with Crippen molar-refractivity contribution in [2.24, 2.45) is 5.41 Å². The zero-order chi connectivity index (χ0) is 15.9.